The minimum absolute atomic E-state index is 0.000254. The van der Waals surface area contributed by atoms with Crippen molar-refractivity contribution < 1.29 is 29.0 Å². The third-order valence-electron chi connectivity index (χ3n) is 28.0. The molecule has 0 saturated carbocycles. The Morgan fingerprint density at radius 3 is 0.887 bits per heavy atom. The highest BCUT2D eigenvalue weighted by atomic mass is 16.6. The first kappa shape index (κ1) is 116. The maximum absolute atomic E-state index is 12.2. The molecule has 150 heavy (non-hydrogen) atoms. The smallest absolute Gasteiger partial charge is 0.269 e. The highest BCUT2D eigenvalue weighted by Gasteiger charge is 2.41. The number of rotatable bonds is 22. The minimum atomic E-state index is -0.457. The fourth-order valence-electron chi connectivity index (χ4n) is 20.0. The van der Waals surface area contributed by atoms with E-state index in [9.17, 15) is 39.4 Å². The highest BCUT2D eigenvalue weighted by molar-refractivity contribution is 5.97. The van der Waals surface area contributed by atoms with E-state index in [-0.39, 0.29) is 57.2 Å². The zero-order valence-corrected chi connectivity index (χ0v) is 92.4. The van der Waals surface area contributed by atoms with Crippen LogP contribution in [0, 0.1) is 75.6 Å². The van der Waals surface area contributed by atoms with E-state index in [0.29, 0.717) is 133 Å². The summed E-state index contributed by atoms with van der Waals surface area (Å²) in [6.45, 7) is 62.1. The third kappa shape index (κ3) is 29.1. The lowest BCUT2D eigenvalue weighted by Crippen LogP contribution is -2.48. The zero-order chi connectivity index (χ0) is 111. The van der Waals surface area contributed by atoms with Crippen molar-refractivity contribution in [1.29, 1.82) is 0 Å². The number of carbonyl (C=O) groups excluding carboxylic acids is 4. The SMILES string of the molecule is CCC(=O)Nc1cc2c(cc1C)C(C)CC(C)(C)N2CC.CCC(=O)Nc1cc2c(cc1N=Nc1ccc([N+](=O)[O-])cc1)C(C)CC(C)(C)N2CC.CCN1c2cc(NC(C)=O)c(C)cc2C(C)CC1(C)C.CCN1c2cc(NC(C)=O)c(N=Nc3ccc([N+](=O)[O-])cc3)cc2C(C)CC1(C)C.Cc1cc(N=Nc2ccc(C)c(N=Nc3cc(C)c(N)cc3N)c2)c(N)cc1N.Cc1ccc(N=Nc2cc(C)c(N)cc2N)cc1C. The number of amides is 4. The number of fused-ring (bicyclic) bond motifs is 4. The lowest BCUT2D eigenvalue weighted by molar-refractivity contribution is -0.385. The van der Waals surface area contributed by atoms with Gasteiger partial charge in [-0.25, -0.2) is 0 Å². The average molecular weight is 2040 g/mol. The molecule has 11 aromatic rings. The molecule has 11 aromatic carbocycles. The normalized spacial score (nSPS) is 16.3. The zero-order valence-electron chi connectivity index (χ0n) is 92.4. The number of carbonyl (C=O) groups is 4. The number of aryl methyl sites for hydroxylation is 8. The number of azo groups is 5. The Morgan fingerprint density at radius 2 is 0.567 bits per heavy atom. The van der Waals surface area contributed by atoms with Gasteiger partial charge in [-0.05, 0) is 376 Å². The first-order valence-corrected chi connectivity index (χ1v) is 51.2. The van der Waals surface area contributed by atoms with Gasteiger partial charge in [0.15, 0.2) is 0 Å². The summed E-state index contributed by atoms with van der Waals surface area (Å²) in [5.74, 6) is 1.53. The van der Waals surface area contributed by atoms with Crippen molar-refractivity contribution >= 4 is 172 Å². The van der Waals surface area contributed by atoms with Crippen molar-refractivity contribution in [2.24, 2.45) is 51.1 Å². The molecule has 4 amide bonds. The molecule has 0 fully saturated rings. The number of nitrogens with two attached hydrogens (primary N) is 6. The van der Waals surface area contributed by atoms with Crippen LogP contribution in [0.5, 0.6) is 0 Å². The van der Waals surface area contributed by atoms with E-state index in [4.69, 9.17) is 34.4 Å². The van der Waals surface area contributed by atoms with Crippen LogP contribution in [-0.4, -0.2) is 81.8 Å². The molecule has 0 aromatic heterocycles. The number of nitro benzene ring substituents is 2. The van der Waals surface area contributed by atoms with Crippen LogP contribution in [0.2, 0.25) is 0 Å². The topological polar surface area (TPSA) is 495 Å². The van der Waals surface area contributed by atoms with Crippen LogP contribution in [0.15, 0.2) is 221 Å². The Morgan fingerprint density at radius 1 is 0.300 bits per heavy atom. The van der Waals surface area contributed by atoms with Crippen LogP contribution in [0.4, 0.5) is 148 Å². The maximum Gasteiger partial charge on any atom is 0.269 e. The van der Waals surface area contributed by atoms with Crippen LogP contribution >= 0.6 is 0 Å². The standard InChI is InChI=1S/C23H29N5O3.C22H27N5O3.C21H24N8.C18H28N2O.C17H26N2O.C15H18N4/c1-6-22(29)24-19-13-21-18(15(3)14-23(4,5)27(21)7-2)12-20(19)26-25-16-8-10-17(11-9-16)28(30)31;1-6-26-21-12-19(23-15(3)28)20(11-18(21)14(2)13-22(26,4)5)25-24-16-7-9-17(10-8-16)27(29)30;1-11-4-5-14(26-28-20-6-12(2)15(22)9-17(20)24)8-19(11)27-29-21-7-13(3)16(23)10-18(21)25;1-7-17(21)19-15-10-16-14(9-12(15)3)13(4)11-18(5,6)20(16)8-2;1-7-19-16-9-15(18-13(4)20)11(2)8-14(16)12(3)10-17(19,5)6;1-9-4-5-12(6-10(9)2)18-19-15-7-11(3)13(16)8-14(15)17/h8-13,15H,6-7,14H2,1-5H3,(H,24,29);7-12,14H,6,13H2,1-5H3,(H,23,28);4-10H,22-25H2,1-3H3;9-10,13H,7-8,11H2,1-6H3,(H,19,21);8-9,12H,7,10H2,1-6H3,(H,18,20);4-8H,16-17H2,1-3H3. The molecule has 0 saturated heterocycles. The summed E-state index contributed by atoms with van der Waals surface area (Å²) >= 11 is 0. The molecule has 4 unspecified atom stereocenters. The molecular weight excluding hydrogens is 1890 g/mol. The Labute approximate surface area is 883 Å². The first-order valence-electron chi connectivity index (χ1n) is 51.2. The number of hydrogen-bond acceptors (Lipinski definition) is 28. The fourth-order valence-corrected chi connectivity index (χ4v) is 20.0. The molecule has 4 heterocycles. The van der Waals surface area contributed by atoms with Gasteiger partial charge in [-0.2, -0.15) is 25.6 Å². The molecule has 15 rings (SSSR count). The molecule has 16 N–H and O–H groups in total. The molecule has 34 nitrogen and oxygen atoms in total. The van der Waals surface area contributed by atoms with Gasteiger partial charge in [-0.1, -0.05) is 65.8 Å². The van der Waals surface area contributed by atoms with Crippen LogP contribution < -0.4 is 75.3 Å². The van der Waals surface area contributed by atoms with Gasteiger partial charge in [-0.3, -0.25) is 39.4 Å². The number of nitrogens with one attached hydrogen (secondary N) is 4. The predicted octanol–water partition coefficient (Wildman–Crippen LogP) is 31.0. The fraction of sp³-hybridized carbons (Fsp3) is 0.397. The highest BCUT2D eigenvalue weighted by Crippen LogP contribution is 2.52. The van der Waals surface area contributed by atoms with Gasteiger partial charge < -0.3 is 75.3 Å². The molecule has 794 valence electrons. The number of nitrogens with zero attached hydrogens (tertiary/aromatic N) is 16. The molecule has 4 atom stereocenters. The van der Waals surface area contributed by atoms with E-state index in [1.165, 1.54) is 75.9 Å². The number of nitrogen functional groups attached to an aromatic ring is 6. The van der Waals surface area contributed by atoms with E-state index < -0.39 is 9.85 Å². The lowest BCUT2D eigenvalue weighted by Gasteiger charge is -2.47. The Bertz CT molecular complexity index is 6960. The summed E-state index contributed by atoms with van der Waals surface area (Å²) in [6.07, 6.45) is 5.20. The van der Waals surface area contributed by atoms with Gasteiger partial charge in [0.25, 0.3) is 11.4 Å². The van der Waals surface area contributed by atoms with Gasteiger partial charge in [-0.15, -0.1) is 25.6 Å². The molecular formula is C116H152N26O8. The number of nitro groups is 2. The minimum Gasteiger partial charge on any atom is -0.398 e. The average Bonchev–Trinajstić information content (AvgIpc) is 0.764. The third-order valence-corrected chi connectivity index (χ3v) is 28.0. The Balaban J connectivity index is 0.000000186. The molecule has 34 heteroatoms. The monoisotopic (exact) mass is 2040 g/mol. The maximum atomic E-state index is 12.2. The molecule has 0 radical (unpaired) electrons. The van der Waals surface area contributed by atoms with Gasteiger partial charge in [0.1, 0.15) is 28.4 Å². The number of non-ortho nitro benzene ring substituents is 2. The molecule has 4 aliphatic rings. The molecule has 0 spiro atoms. The summed E-state index contributed by atoms with van der Waals surface area (Å²) in [6, 6.07) is 50.5. The van der Waals surface area contributed by atoms with Crippen LogP contribution in [0.3, 0.4) is 0 Å². The quantitative estimate of drug-likeness (QED) is 0.0130. The van der Waals surface area contributed by atoms with Crippen LogP contribution in [-0.2, 0) is 19.2 Å². The van der Waals surface area contributed by atoms with Gasteiger partial charge in [0.05, 0.1) is 66.7 Å². The van der Waals surface area contributed by atoms with Gasteiger partial charge in [0.2, 0.25) is 23.6 Å². The van der Waals surface area contributed by atoms with Crippen LogP contribution in [0.25, 0.3) is 0 Å². The first-order chi connectivity index (χ1) is 70.5. The van der Waals surface area contributed by atoms with Gasteiger partial charge in [0, 0.05) is 150 Å². The van der Waals surface area contributed by atoms with Gasteiger partial charge >= 0.3 is 0 Å². The van der Waals surface area contributed by atoms with Crippen molar-refractivity contribution in [1.82, 2.24) is 0 Å². The van der Waals surface area contributed by atoms with E-state index in [2.05, 4.69) is 255 Å². The summed E-state index contributed by atoms with van der Waals surface area (Å²) in [5, 5.41) is 76.2. The second-order valence-electron chi connectivity index (χ2n) is 41.7. The van der Waals surface area contributed by atoms with E-state index in [1.54, 1.807) is 74.5 Å². The van der Waals surface area contributed by atoms with Crippen molar-refractivity contribution in [3.05, 3.63) is 257 Å². The number of hydrogen-bond donors (Lipinski definition) is 10. The molecule has 0 bridgehead atoms. The molecule has 4 aliphatic heterocycles. The van der Waals surface area contributed by atoms with Crippen LogP contribution in [0.1, 0.15) is 267 Å². The van der Waals surface area contributed by atoms with E-state index in [1.807, 2.05) is 95.3 Å². The molecule has 0 aliphatic carbocycles. The van der Waals surface area contributed by atoms with E-state index >= 15 is 0 Å². The van der Waals surface area contributed by atoms with Crippen molar-refractivity contribution in [2.75, 3.05) is 101 Å². The summed E-state index contributed by atoms with van der Waals surface area (Å²) < 4.78 is 0. The van der Waals surface area contributed by atoms with E-state index in [0.717, 1.165) is 114 Å². The predicted molar refractivity (Wildman–Crippen MR) is 616 cm³/mol. The number of anilines is 14. The second kappa shape index (κ2) is 49.7. The number of benzene rings is 11. The second-order valence-corrected chi connectivity index (χ2v) is 41.7. The van der Waals surface area contributed by atoms with Crippen molar-refractivity contribution in [3.8, 4) is 0 Å². The lowest BCUT2D eigenvalue weighted by atomic mass is 9.79. The van der Waals surface area contributed by atoms with Crippen molar-refractivity contribution in [2.45, 2.75) is 278 Å². The Hall–Kier alpha value is -15.9. The summed E-state index contributed by atoms with van der Waals surface area (Å²) in [7, 11) is 0. The van der Waals surface area contributed by atoms with Crippen molar-refractivity contribution in [3.63, 3.8) is 0 Å². The summed E-state index contributed by atoms with van der Waals surface area (Å²) in [5.41, 5.74) is 66.4. The Kier molecular flexibility index (Phi) is 38.5. The largest absolute Gasteiger partial charge is 0.398 e. The summed E-state index contributed by atoms with van der Waals surface area (Å²) in [4.78, 5) is 77.4.